The summed E-state index contributed by atoms with van der Waals surface area (Å²) < 4.78 is 5.68. The molecule has 0 aliphatic heterocycles. The first-order chi connectivity index (χ1) is 13.1. The minimum atomic E-state index is -0.346. The van der Waals surface area contributed by atoms with Crippen molar-refractivity contribution in [2.75, 3.05) is 13.2 Å². The van der Waals surface area contributed by atoms with Gasteiger partial charge in [0.1, 0.15) is 12.4 Å². The predicted octanol–water partition coefficient (Wildman–Crippen LogP) is 4.98. The van der Waals surface area contributed by atoms with Gasteiger partial charge in [-0.2, -0.15) is 0 Å². The number of ether oxygens (including phenoxy) is 1. The van der Waals surface area contributed by atoms with Gasteiger partial charge in [-0.15, -0.1) is 0 Å². The lowest BCUT2D eigenvalue weighted by Crippen LogP contribution is -2.33. The van der Waals surface area contributed by atoms with Gasteiger partial charge in [0.2, 0.25) is 5.91 Å². The fourth-order valence-electron chi connectivity index (χ4n) is 2.89. The van der Waals surface area contributed by atoms with Crippen molar-refractivity contribution in [3.8, 4) is 5.75 Å². The first-order valence-corrected chi connectivity index (χ1v) is 9.29. The topological polar surface area (TPSA) is 38.3 Å². The smallest absolute Gasteiger partial charge is 0.232 e. The summed E-state index contributed by atoms with van der Waals surface area (Å²) in [5.41, 5.74) is 2.94. The molecule has 1 N–H and O–H groups in total. The number of amides is 1. The fourth-order valence-corrected chi connectivity index (χ4v) is 3.07. The first-order valence-electron chi connectivity index (χ1n) is 8.91. The number of hydrogen-bond donors (Lipinski definition) is 1. The second-order valence-corrected chi connectivity index (χ2v) is 6.71. The molecule has 0 radical (unpaired) electrons. The molecule has 27 heavy (non-hydrogen) atoms. The third kappa shape index (κ3) is 5.11. The highest BCUT2D eigenvalue weighted by atomic mass is 35.5. The molecule has 0 spiro atoms. The normalized spacial score (nSPS) is 10.6. The molecule has 3 aromatic carbocycles. The Kier molecular flexibility index (Phi) is 6.50. The maximum atomic E-state index is 12.9. The molecule has 0 aliphatic carbocycles. The number of carbonyl (C=O) groups is 1. The highest BCUT2D eigenvalue weighted by Crippen LogP contribution is 2.25. The fraction of sp³-hybridized carbons (Fsp3) is 0.174. The third-order valence-electron chi connectivity index (χ3n) is 4.34. The maximum absolute atomic E-state index is 12.9. The molecule has 0 saturated carbocycles. The highest BCUT2D eigenvalue weighted by molar-refractivity contribution is 6.31. The van der Waals surface area contributed by atoms with Gasteiger partial charge >= 0.3 is 0 Å². The van der Waals surface area contributed by atoms with Crippen molar-refractivity contribution in [1.82, 2.24) is 5.32 Å². The van der Waals surface area contributed by atoms with Gasteiger partial charge < -0.3 is 10.1 Å². The van der Waals surface area contributed by atoms with Crippen molar-refractivity contribution in [3.63, 3.8) is 0 Å². The Balaban J connectivity index is 1.62. The molecular formula is C23H22ClNO2. The molecule has 3 nitrogen and oxygen atoms in total. The van der Waals surface area contributed by atoms with Gasteiger partial charge in [-0.25, -0.2) is 0 Å². The molecule has 4 heteroatoms. The van der Waals surface area contributed by atoms with E-state index < -0.39 is 0 Å². The zero-order valence-corrected chi connectivity index (χ0v) is 15.9. The van der Waals surface area contributed by atoms with Crippen LogP contribution in [0.3, 0.4) is 0 Å². The van der Waals surface area contributed by atoms with E-state index in [1.54, 1.807) is 6.07 Å². The van der Waals surface area contributed by atoms with Crippen LogP contribution < -0.4 is 10.1 Å². The molecule has 3 rings (SSSR count). The van der Waals surface area contributed by atoms with E-state index in [0.717, 1.165) is 16.7 Å². The number of halogens is 1. The number of aryl methyl sites for hydroxylation is 1. The Hall–Kier alpha value is -2.78. The van der Waals surface area contributed by atoms with Gasteiger partial charge in [0.25, 0.3) is 0 Å². The van der Waals surface area contributed by atoms with Gasteiger partial charge in [0.15, 0.2) is 0 Å². The van der Waals surface area contributed by atoms with Crippen LogP contribution in [-0.4, -0.2) is 19.1 Å². The third-order valence-corrected chi connectivity index (χ3v) is 4.75. The zero-order chi connectivity index (χ0) is 19.1. The molecule has 0 unspecified atom stereocenters. The molecule has 0 atom stereocenters. The number of benzene rings is 3. The molecule has 0 aromatic heterocycles. The predicted molar refractivity (Wildman–Crippen MR) is 109 cm³/mol. The largest absolute Gasteiger partial charge is 0.492 e. The van der Waals surface area contributed by atoms with Crippen molar-refractivity contribution < 1.29 is 9.53 Å². The van der Waals surface area contributed by atoms with Crippen LogP contribution in [0.1, 0.15) is 22.6 Å². The average molecular weight is 380 g/mol. The van der Waals surface area contributed by atoms with Gasteiger partial charge in [-0.3, -0.25) is 4.79 Å². The summed E-state index contributed by atoms with van der Waals surface area (Å²) >= 11 is 6.10. The first kappa shape index (κ1) is 19.0. The molecule has 0 heterocycles. The molecular weight excluding hydrogens is 358 g/mol. The van der Waals surface area contributed by atoms with Crippen LogP contribution in [-0.2, 0) is 4.79 Å². The quantitative estimate of drug-likeness (QED) is 0.588. The zero-order valence-electron chi connectivity index (χ0n) is 15.2. The summed E-state index contributed by atoms with van der Waals surface area (Å²) in [6.45, 7) is 2.74. The molecule has 0 saturated heterocycles. The van der Waals surface area contributed by atoms with Crippen LogP contribution in [0.2, 0.25) is 5.02 Å². The Labute approximate surface area is 164 Å². The van der Waals surface area contributed by atoms with Crippen molar-refractivity contribution in [1.29, 1.82) is 0 Å². The minimum Gasteiger partial charge on any atom is -0.492 e. The Morgan fingerprint density at radius 2 is 1.56 bits per heavy atom. The van der Waals surface area contributed by atoms with Gasteiger partial charge in [-0.1, -0.05) is 78.3 Å². The summed E-state index contributed by atoms with van der Waals surface area (Å²) in [6, 6.07) is 25.2. The van der Waals surface area contributed by atoms with Crippen LogP contribution in [0, 0.1) is 6.92 Å². The Morgan fingerprint density at radius 3 is 2.11 bits per heavy atom. The van der Waals surface area contributed by atoms with E-state index in [2.05, 4.69) is 5.32 Å². The van der Waals surface area contributed by atoms with E-state index in [1.165, 1.54) is 0 Å². The second kappa shape index (κ2) is 9.24. The number of nitrogens with one attached hydrogen (secondary N) is 1. The van der Waals surface area contributed by atoms with E-state index in [4.69, 9.17) is 16.3 Å². The number of hydrogen-bond acceptors (Lipinski definition) is 2. The van der Waals surface area contributed by atoms with E-state index in [1.807, 2.05) is 79.7 Å². The summed E-state index contributed by atoms with van der Waals surface area (Å²) in [4.78, 5) is 12.9. The Morgan fingerprint density at radius 1 is 0.963 bits per heavy atom. The van der Waals surface area contributed by atoms with Gasteiger partial charge in [0, 0.05) is 5.02 Å². The van der Waals surface area contributed by atoms with E-state index in [-0.39, 0.29) is 11.8 Å². The Bertz CT molecular complexity index is 842. The van der Waals surface area contributed by atoms with Gasteiger partial charge in [-0.05, 0) is 35.7 Å². The van der Waals surface area contributed by atoms with E-state index in [0.29, 0.717) is 23.9 Å². The molecule has 3 aromatic rings. The van der Waals surface area contributed by atoms with Crippen molar-refractivity contribution >= 4 is 17.5 Å². The van der Waals surface area contributed by atoms with Crippen molar-refractivity contribution in [2.24, 2.45) is 0 Å². The van der Waals surface area contributed by atoms with Crippen molar-refractivity contribution in [3.05, 3.63) is 101 Å². The average Bonchev–Trinajstić information content (AvgIpc) is 2.70. The standard InChI is InChI=1S/C23H22ClNO2/c1-17-12-13-20(16-21(17)24)27-15-14-25-23(26)22(18-8-4-2-5-9-18)19-10-6-3-7-11-19/h2-13,16,22H,14-15H2,1H3,(H,25,26). The lowest BCUT2D eigenvalue weighted by Gasteiger charge is -2.18. The van der Waals surface area contributed by atoms with Crippen LogP contribution >= 0.6 is 11.6 Å². The lowest BCUT2D eigenvalue weighted by molar-refractivity contribution is -0.121. The van der Waals surface area contributed by atoms with Gasteiger partial charge in [0.05, 0.1) is 12.5 Å². The molecule has 0 aliphatic rings. The highest BCUT2D eigenvalue weighted by Gasteiger charge is 2.21. The molecule has 1 amide bonds. The summed E-state index contributed by atoms with van der Waals surface area (Å²) in [5.74, 6) is 0.307. The minimum absolute atomic E-state index is 0.0436. The van der Waals surface area contributed by atoms with Crippen molar-refractivity contribution in [2.45, 2.75) is 12.8 Å². The summed E-state index contributed by atoms with van der Waals surface area (Å²) in [5, 5.41) is 3.65. The number of rotatable bonds is 7. The van der Waals surface area contributed by atoms with Crippen LogP contribution in [0.15, 0.2) is 78.9 Å². The molecule has 0 bridgehead atoms. The molecule has 0 fully saturated rings. The molecule has 138 valence electrons. The maximum Gasteiger partial charge on any atom is 0.232 e. The lowest BCUT2D eigenvalue weighted by atomic mass is 9.90. The monoisotopic (exact) mass is 379 g/mol. The number of carbonyl (C=O) groups excluding carboxylic acids is 1. The van der Waals surface area contributed by atoms with Crippen LogP contribution in [0.25, 0.3) is 0 Å². The SMILES string of the molecule is Cc1ccc(OCCNC(=O)C(c2ccccc2)c2ccccc2)cc1Cl. The van der Waals surface area contributed by atoms with E-state index in [9.17, 15) is 4.79 Å². The summed E-state index contributed by atoms with van der Waals surface area (Å²) in [7, 11) is 0. The van der Waals surface area contributed by atoms with Crippen LogP contribution in [0.5, 0.6) is 5.75 Å². The van der Waals surface area contributed by atoms with E-state index >= 15 is 0 Å². The summed E-state index contributed by atoms with van der Waals surface area (Å²) in [6.07, 6.45) is 0. The second-order valence-electron chi connectivity index (χ2n) is 6.30. The van der Waals surface area contributed by atoms with Crippen LogP contribution in [0.4, 0.5) is 0 Å².